The van der Waals surface area contributed by atoms with Gasteiger partial charge in [0.2, 0.25) is 15.8 Å². The molecule has 11 heteroatoms. The van der Waals surface area contributed by atoms with E-state index < -0.39 is 22.0 Å². The fourth-order valence-corrected chi connectivity index (χ4v) is 3.14. The lowest BCUT2D eigenvalue weighted by molar-refractivity contribution is -0.144. The van der Waals surface area contributed by atoms with Gasteiger partial charge in [0, 0.05) is 11.1 Å². The third-order valence-corrected chi connectivity index (χ3v) is 4.52. The second-order valence-electron chi connectivity index (χ2n) is 5.45. The zero-order chi connectivity index (χ0) is 19.8. The first-order valence-corrected chi connectivity index (χ1v) is 8.96. The molecular weight excluding hydrogens is 385 g/mol. The summed E-state index contributed by atoms with van der Waals surface area (Å²) in [6.07, 6.45) is -4.74. The molecule has 3 N–H and O–H groups in total. The van der Waals surface area contributed by atoms with E-state index >= 15 is 0 Å². The third-order valence-electron chi connectivity index (χ3n) is 3.59. The number of halogens is 3. The number of fused-ring (bicyclic) bond motifs is 1. The van der Waals surface area contributed by atoms with Gasteiger partial charge < -0.3 is 10.1 Å². The number of nitrogens with zero attached hydrogens (tertiary/aromatic N) is 2. The molecule has 7 nitrogen and oxygen atoms in total. The first-order valence-electron chi connectivity index (χ1n) is 7.41. The molecule has 0 aliphatic heterocycles. The van der Waals surface area contributed by atoms with Crippen molar-refractivity contribution < 1.29 is 26.3 Å². The monoisotopic (exact) mass is 398 g/mol. The standard InChI is InChI=1S/C16H13F3N4O3S/c1-26-12-7-6-9(8-13(12)27(20,24)25)21-14-10-4-2-3-5-11(10)22-15(23-14)16(17,18)19/h2-8H,1H3,(H2,20,24,25)(H,21,22,23). The molecule has 0 saturated carbocycles. The number of methoxy groups -OCH3 is 1. The Morgan fingerprint density at radius 1 is 1.11 bits per heavy atom. The molecule has 2 aromatic carbocycles. The number of alkyl halides is 3. The summed E-state index contributed by atoms with van der Waals surface area (Å²) >= 11 is 0. The van der Waals surface area contributed by atoms with E-state index in [0.29, 0.717) is 5.39 Å². The van der Waals surface area contributed by atoms with Crippen LogP contribution in [0.15, 0.2) is 47.4 Å². The van der Waals surface area contributed by atoms with Gasteiger partial charge in [0.05, 0.1) is 12.6 Å². The second-order valence-corrected chi connectivity index (χ2v) is 6.98. The van der Waals surface area contributed by atoms with E-state index in [0.717, 1.165) is 6.07 Å². The van der Waals surface area contributed by atoms with Gasteiger partial charge in [0.1, 0.15) is 16.5 Å². The smallest absolute Gasteiger partial charge is 0.451 e. The molecule has 1 aromatic heterocycles. The van der Waals surface area contributed by atoms with Gasteiger partial charge in [0.25, 0.3) is 0 Å². The SMILES string of the molecule is COc1ccc(Nc2nc(C(F)(F)F)nc3ccccc23)cc1S(N)(=O)=O. The van der Waals surface area contributed by atoms with Crippen LogP contribution in [0.5, 0.6) is 5.75 Å². The third kappa shape index (κ3) is 3.93. The van der Waals surface area contributed by atoms with Crippen molar-refractivity contribution in [2.75, 3.05) is 12.4 Å². The predicted octanol–water partition coefficient (Wildman–Crippen LogP) is 3.05. The van der Waals surface area contributed by atoms with Crippen LogP contribution in [0.2, 0.25) is 0 Å². The fraction of sp³-hybridized carbons (Fsp3) is 0.125. The van der Waals surface area contributed by atoms with Gasteiger partial charge in [-0.25, -0.2) is 23.5 Å². The van der Waals surface area contributed by atoms with Gasteiger partial charge in [0.15, 0.2) is 0 Å². The number of anilines is 2. The van der Waals surface area contributed by atoms with Gasteiger partial charge in [-0.15, -0.1) is 0 Å². The van der Waals surface area contributed by atoms with E-state index in [9.17, 15) is 21.6 Å². The van der Waals surface area contributed by atoms with Gasteiger partial charge in [-0.3, -0.25) is 0 Å². The number of nitrogens with two attached hydrogens (primary N) is 1. The van der Waals surface area contributed by atoms with Crippen molar-refractivity contribution in [3.8, 4) is 5.75 Å². The van der Waals surface area contributed by atoms with E-state index in [1.807, 2.05) is 0 Å². The summed E-state index contributed by atoms with van der Waals surface area (Å²) in [5.41, 5.74) is 0.249. The highest BCUT2D eigenvalue weighted by Crippen LogP contribution is 2.33. The van der Waals surface area contributed by atoms with Gasteiger partial charge >= 0.3 is 6.18 Å². The van der Waals surface area contributed by atoms with Crippen LogP contribution in [-0.2, 0) is 16.2 Å². The van der Waals surface area contributed by atoms with E-state index in [2.05, 4.69) is 15.3 Å². The quantitative estimate of drug-likeness (QED) is 0.700. The van der Waals surface area contributed by atoms with Crippen molar-refractivity contribution in [2.24, 2.45) is 5.14 Å². The number of hydrogen-bond donors (Lipinski definition) is 2. The Hall–Kier alpha value is -2.92. The number of nitrogens with one attached hydrogen (secondary N) is 1. The zero-order valence-electron chi connectivity index (χ0n) is 13.8. The maximum atomic E-state index is 13.1. The van der Waals surface area contributed by atoms with Gasteiger partial charge in [-0.1, -0.05) is 12.1 Å². The molecule has 0 fully saturated rings. The average Bonchev–Trinajstić information content (AvgIpc) is 2.60. The minimum absolute atomic E-state index is 0.00609. The summed E-state index contributed by atoms with van der Waals surface area (Å²) < 4.78 is 67.6. The molecule has 0 bridgehead atoms. The lowest BCUT2D eigenvalue weighted by Crippen LogP contribution is -2.14. The van der Waals surface area contributed by atoms with Gasteiger partial charge in [-0.2, -0.15) is 13.2 Å². The number of rotatable bonds is 4. The number of sulfonamides is 1. The van der Waals surface area contributed by atoms with Crippen molar-refractivity contribution in [1.29, 1.82) is 0 Å². The Bertz CT molecular complexity index is 1120. The van der Waals surface area contributed by atoms with Crippen LogP contribution in [-0.4, -0.2) is 25.5 Å². The summed E-state index contributed by atoms with van der Waals surface area (Å²) in [7, 11) is -2.84. The maximum absolute atomic E-state index is 13.1. The summed E-state index contributed by atoms with van der Waals surface area (Å²) in [4.78, 5) is 6.75. The molecule has 0 aliphatic carbocycles. The van der Waals surface area contributed by atoms with Crippen molar-refractivity contribution in [2.45, 2.75) is 11.1 Å². The van der Waals surface area contributed by atoms with E-state index in [-0.39, 0.29) is 27.7 Å². The normalized spacial score (nSPS) is 12.2. The number of hydrogen-bond acceptors (Lipinski definition) is 6. The molecule has 0 unspecified atom stereocenters. The second kappa shape index (κ2) is 6.67. The molecule has 3 aromatic rings. The summed E-state index contributed by atoms with van der Waals surface area (Å²) in [6.45, 7) is 0. The molecule has 0 spiro atoms. The van der Waals surface area contributed by atoms with Crippen molar-refractivity contribution in [3.05, 3.63) is 48.3 Å². The molecule has 0 atom stereocenters. The Labute approximate surface area is 152 Å². The number of ether oxygens (including phenoxy) is 1. The highest BCUT2D eigenvalue weighted by molar-refractivity contribution is 7.89. The first-order chi connectivity index (χ1) is 12.6. The van der Waals surface area contributed by atoms with E-state index in [4.69, 9.17) is 9.88 Å². The molecular formula is C16H13F3N4O3S. The van der Waals surface area contributed by atoms with Gasteiger partial charge in [-0.05, 0) is 30.3 Å². The zero-order valence-corrected chi connectivity index (χ0v) is 14.6. The Morgan fingerprint density at radius 3 is 2.44 bits per heavy atom. The van der Waals surface area contributed by atoms with Crippen molar-refractivity contribution in [1.82, 2.24) is 9.97 Å². The molecule has 0 radical (unpaired) electrons. The topological polar surface area (TPSA) is 107 Å². The van der Waals surface area contributed by atoms with Crippen LogP contribution < -0.4 is 15.2 Å². The lowest BCUT2D eigenvalue weighted by atomic mass is 10.2. The Kier molecular flexibility index (Phi) is 4.66. The van der Waals surface area contributed by atoms with Crippen LogP contribution >= 0.6 is 0 Å². The minimum atomic E-state index is -4.74. The molecule has 0 aliphatic rings. The highest BCUT2D eigenvalue weighted by atomic mass is 32.2. The van der Waals surface area contributed by atoms with Crippen LogP contribution in [0.25, 0.3) is 10.9 Å². The number of aromatic nitrogens is 2. The summed E-state index contributed by atoms with van der Waals surface area (Å²) in [5, 5.41) is 8.19. The lowest BCUT2D eigenvalue weighted by Gasteiger charge is -2.14. The average molecular weight is 398 g/mol. The van der Waals surface area contributed by atoms with Crippen LogP contribution in [0, 0.1) is 0 Å². The maximum Gasteiger partial charge on any atom is 0.451 e. The van der Waals surface area contributed by atoms with Crippen LogP contribution in [0.1, 0.15) is 5.82 Å². The predicted molar refractivity (Wildman–Crippen MR) is 92.2 cm³/mol. The molecule has 3 rings (SSSR count). The van der Waals surface area contributed by atoms with Crippen LogP contribution in [0.4, 0.5) is 24.7 Å². The molecule has 142 valence electrons. The number of primary sulfonamides is 1. The largest absolute Gasteiger partial charge is 0.495 e. The Balaban J connectivity index is 2.14. The molecule has 0 amide bonds. The van der Waals surface area contributed by atoms with E-state index in [1.165, 1.54) is 25.3 Å². The number of para-hydroxylation sites is 1. The molecule has 27 heavy (non-hydrogen) atoms. The number of benzene rings is 2. The molecule has 1 heterocycles. The van der Waals surface area contributed by atoms with Crippen molar-refractivity contribution >= 4 is 32.4 Å². The highest BCUT2D eigenvalue weighted by Gasteiger charge is 2.35. The molecule has 0 saturated heterocycles. The first kappa shape index (κ1) is 18.9. The minimum Gasteiger partial charge on any atom is -0.495 e. The summed E-state index contributed by atoms with van der Waals surface area (Å²) in [5.74, 6) is -1.44. The van der Waals surface area contributed by atoms with E-state index in [1.54, 1.807) is 18.2 Å². The van der Waals surface area contributed by atoms with Crippen molar-refractivity contribution in [3.63, 3.8) is 0 Å². The fourth-order valence-electron chi connectivity index (χ4n) is 2.41. The van der Waals surface area contributed by atoms with Crippen LogP contribution in [0.3, 0.4) is 0 Å². The summed E-state index contributed by atoms with van der Waals surface area (Å²) in [6, 6.07) is 10.0. The Morgan fingerprint density at radius 2 is 1.81 bits per heavy atom.